The molecule has 3 spiro atoms. The van der Waals surface area contributed by atoms with Crippen molar-refractivity contribution in [3.63, 3.8) is 0 Å². The number of anilines is 1. The second-order valence-electron chi connectivity index (χ2n) is 15.6. The third kappa shape index (κ3) is 2.31. The average molecular weight is 557 g/mol. The molecule has 4 nitrogen and oxygen atoms in total. The van der Waals surface area contributed by atoms with Crippen LogP contribution in [0.1, 0.15) is 69.9 Å². The molecule has 7 aliphatic heterocycles. The van der Waals surface area contributed by atoms with Crippen molar-refractivity contribution in [1.82, 2.24) is 9.80 Å². The van der Waals surface area contributed by atoms with E-state index in [9.17, 15) is 0 Å². The van der Waals surface area contributed by atoms with E-state index >= 15 is 0 Å². The average Bonchev–Trinajstić information content (AvgIpc) is 3.79. The molecular weight excluding hydrogens is 512 g/mol. The molecule has 0 N–H and O–H groups in total. The minimum atomic E-state index is 0.112. The molecule has 4 bridgehead atoms. The number of aliphatic imine (C=N–C) groups is 1. The van der Waals surface area contributed by atoms with Gasteiger partial charge in [-0.2, -0.15) is 0 Å². The molecule has 0 amide bonds. The Hall–Kier alpha value is -2.43. The minimum absolute atomic E-state index is 0.112. The number of fused-ring (bicyclic) bond motifs is 8. The fourth-order valence-corrected chi connectivity index (χ4v) is 14.0. The molecule has 2 aromatic rings. The zero-order chi connectivity index (χ0) is 27.6. The van der Waals surface area contributed by atoms with Gasteiger partial charge >= 0.3 is 0 Å². The van der Waals surface area contributed by atoms with Crippen LogP contribution in [0.2, 0.25) is 0 Å². The van der Waals surface area contributed by atoms with E-state index in [-0.39, 0.29) is 16.2 Å². The first-order valence-corrected chi connectivity index (χ1v) is 17.4. The summed E-state index contributed by atoms with van der Waals surface area (Å²) >= 11 is 0. The zero-order valence-corrected chi connectivity index (χ0v) is 25.4. The Labute approximate surface area is 250 Å². The molecule has 4 heteroatoms. The molecule has 0 aromatic heterocycles. The lowest BCUT2D eigenvalue weighted by Gasteiger charge is -2.65. The quantitative estimate of drug-likeness (QED) is 0.412. The molecule has 216 valence electrons. The van der Waals surface area contributed by atoms with Crippen molar-refractivity contribution in [2.45, 2.75) is 81.7 Å². The number of hydrogen-bond acceptors (Lipinski definition) is 4. The fraction of sp³-hybridized carbons (Fsp3) is 0.605. The van der Waals surface area contributed by atoms with Crippen LogP contribution < -0.4 is 4.90 Å². The van der Waals surface area contributed by atoms with Crippen LogP contribution in [0.5, 0.6) is 0 Å². The monoisotopic (exact) mass is 556 g/mol. The van der Waals surface area contributed by atoms with Crippen molar-refractivity contribution >= 4 is 17.1 Å². The summed E-state index contributed by atoms with van der Waals surface area (Å²) in [6.07, 6.45) is 9.19. The highest BCUT2D eigenvalue weighted by atomic mass is 15.3. The van der Waals surface area contributed by atoms with Gasteiger partial charge in [0.1, 0.15) is 0 Å². The Balaban J connectivity index is 1.21. The van der Waals surface area contributed by atoms with Crippen molar-refractivity contribution in [1.29, 1.82) is 0 Å². The molecule has 1 saturated carbocycles. The van der Waals surface area contributed by atoms with E-state index in [2.05, 4.69) is 77.1 Å². The highest BCUT2D eigenvalue weighted by Crippen LogP contribution is 2.72. The second-order valence-corrected chi connectivity index (χ2v) is 15.6. The van der Waals surface area contributed by atoms with Gasteiger partial charge in [0.25, 0.3) is 0 Å². The zero-order valence-electron chi connectivity index (χ0n) is 25.4. The first-order chi connectivity index (χ1) is 20.7. The van der Waals surface area contributed by atoms with Crippen molar-refractivity contribution in [2.75, 3.05) is 37.6 Å². The maximum atomic E-state index is 5.84. The van der Waals surface area contributed by atoms with Crippen molar-refractivity contribution in [3.05, 3.63) is 70.9 Å². The van der Waals surface area contributed by atoms with Crippen LogP contribution >= 0.6 is 0 Å². The van der Waals surface area contributed by atoms with Gasteiger partial charge < -0.3 is 4.90 Å². The predicted octanol–water partition coefficient (Wildman–Crippen LogP) is 6.68. The molecule has 2 aromatic carbocycles. The summed E-state index contributed by atoms with van der Waals surface area (Å²) in [7, 11) is 0. The van der Waals surface area contributed by atoms with Gasteiger partial charge in [-0.05, 0) is 111 Å². The Morgan fingerprint density at radius 2 is 1.50 bits per heavy atom. The summed E-state index contributed by atoms with van der Waals surface area (Å²) in [6, 6.07) is 20.4. The number of rotatable bonds is 2. The number of benzene rings is 2. The van der Waals surface area contributed by atoms with E-state index in [0.29, 0.717) is 12.1 Å². The molecule has 11 rings (SSSR count). The number of nitrogens with zero attached hydrogens (tertiary/aromatic N) is 4. The molecule has 42 heavy (non-hydrogen) atoms. The number of para-hydroxylation sites is 2. The van der Waals surface area contributed by atoms with Crippen LogP contribution in [0, 0.1) is 29.1 Å². The summed E-state index contributed by atoms with van der Waals surface area (Å²) in [5.74, 6) is 3.01. The minimum Gasteiger partial charge on any atom is -0.343 e. The Morgan fingerprint density at radius 3 is 2.33 bits per heavy atom. The molecule has 9 aliphatic rings. The second kappa shape index (κ2) is 7.61. The lowest BCUT2D eigenvalue weighted by atomic mass is 9.44. The van der Waals surface area contributed by atoms with Crippen LogP contribution in [0.4, 0.5) is 11.4 Å². The van der Waals surface area contributed by atoms with Crippen LogP contribution in [0.3, 0.4) is 0 Å². The van der Waals surface area contributed by atoms with Crippen molar-refractivity contribution in [2.24, 2.45) is 34.1 Å². The molecule has 5 fully saturated rings. The number of allylic oxidation sites excluding steroid dienone is 1. The first kappa shape index (κ1) is 24.0. The van der Waals surface area contributed by atoms with E-state index in [1.165, 1.54) is 76.8 Å². The highest BCUT2D eigenvalue weighted by Gasteiger charge is 2.74. The van der Waals surface area contributed by atoms with E-state index in [1.807, 2.05) is 5.57 Å². The van der Waals surface area contributed by atoms with Crippen LogP contribution in [-0.4, -0.2) is 60.3 Å². The molecule has 7 heterocycles. The highest BCUT2D eigenvalue weighted by molar-refractivity contribution is 6.08. The number of piperidine rings is 2. The molecule has 9 atom stereocenters. The van der Waals surface area contributed by atoms with Crippen LogP contribution in [-0.2, 0) is 10.8 Å². The summed E-state index contributed by atoms with van der Waals surface area (Å²) in [5.41, 5.74) is 11.9. The predicted molar refractivity (Wildman–Crippen MR) is 168 cm³/mol. The summed E-state index contributed by atoms with van der Waals surface area (Å²) in [4.78, 5) is 14.6. The van der Waals surface area contributed by atoms with Crippen molar-refractivity contribution < 1.29 is 0 Å². The third-order valence-electron chi connectivity index (χ3n) is 14.9. The lowest BCUT2D eigenvalue weighted by Crippen LogP contribution is -2.71. The van der Waals surface area contributed by atoms with Gasteiger partial charge in [-0.1, -0.05) is 63.1 Å². The van der Waals surface area contributed by atoms with E-state index in [1.54, 1.807) is 28.2 Å². The lowest BCUT2D eigenvalue weighted by molar-refractivity contribution is -0.0188. The molecule has 0 unspecified atom stereocenters. The van der Waals surface area contributed by atoms with Crippen LogP contribution in [0.15, 0.2) is 64.8 Å². The summed E-state index contributed by atoms with van der Waals surface area (Å²) < 4.78 is 0. The normalized spacial score (nSPS) is 45.2. The van der Waals surface area contributed by atoms with E-state index in [0.717, 1.165) is 30.2 Å². The SMILES string of the molecule is CC[C@H]1[C@@H]2CCN3CC[C@@]4(C5=C2C[C@@]2(CN5c5ccccc54)C4=Nc5ccccc5[C@]45CCN4CC[C@H]2[C@H](CC)[C@@H]45)[C@@H]13. The Kier molecular flexibility index (Phi) is 4.34. The van der Waals surface area contributed by atoms with Gasteiger partial charge in [0.05, 0.1) is 16.5 Å². The topological polar surface area (TPSA) is 22.1 Å². The molecule has 2 aliphatic carbocycles. The summed E-state index contributed by atoms with van der Waals surface area (Å²) in [5, 5.41) is 0. The third-order valence-corrected chi connectivity index (χ3v) is 14.9. The molecule has 0 radical (unpaired) electrons. The largest absolute Gasteiger partial charge is 0.343 e. The van der Waals surface area contributed by atoms with Gasteiger partial charge in [-0.3, -0.25) is 14.8 Å². The standard InChI is InChI=1S/C38H44N4/c1-3-23-25-13-17-40-19-15-37(32(23)40)29-10-6-8-12-31(29)42-22-36(21-26(25)34(37)42)27-14-18-41-20-16-38(33(41)24(27)4-2)28-9-5-7-11-30(28)39-35(36)38/h5-12,23-25,27,32-33H,3-4,13-22H2,1-2H3/t23-,24-,25-,27-,32+,33+,36-,37-,38-/m0/s1. The molecule has 4 saturated heterocycles. The van der Waals surface area contributed by atoms with E-state index in [4.69, 9.17) is 4.99 Å². The van der Waals surface area contributed by atoms with Crippen LogP contribution in [0.25, 0.3) is 0 Å². The molecular formula is C38H44N4. The first-order valence-electron chi connectivity index (χ1n) is 17.4. The van der Waals surface area contributed by atoms with Crippen molar-refractivity contribution in [3.8, 4) is 0 Å². The van der Waals surface area contributed by atoms with E-state index < -0.39 is 0 Å². The summed E-state index contributed by atoms with van der Waals surface area (Å²) in [6.45, 7) is 11.3. The van der Waals surface area contributed by atoms with Gasteiger partial charge in [0.2, 0.25) is 0 Å². The fourth-order valence-electron chi connectivity index (χ4n) is 14.0. The van der Waals surface area contributed by atoms with Gasteiger partial charge in [0, 0.05) is 41.1 Å². The maximum absolute atomic E-state index is 5.84. The Morgan fingerprint density at radius 1 is 0.786 bits per heavy atom. The maximum Gasteiger partial charge on any atom is 0.0671 e. The van der Waals surface area contributed by atoms with Gasteiger partial charge in [-0.15, -0.1) is 0 Å². The smallest absolute Gasteiger partial charge is 0.0671 e. The Bertz CT molecular complexity index is 1620. The number of hydrogen-bond donors (Lipinski definition) is 0. The van der Waals surface area contributed by atoms with Gasteiger partial charge in [0.15, 0.2) is 0 Å². The van der Waals surface area contributed by atoms with Gasteiger partial charge in [-0.25, -0.2) is 0 Å².